The molecule has 0 N–H and O–H groups in total. The number of hydrogen-bond acceptors (Lipinski definition) is 1. The van der Waals surface area contributed by atoms with E-state index in [4.69, 9.17) is 0 Å². The van der Waals surface area contributed by atoms with Gasteiger partial charge in [-0.3, -0.25) is 4.79 Å². The summed E-state index contributed by atoms with van der Waals surface area (Å²) in [6.07, 6.45) is 14.7. The zero-order valence-corrected chi connectivity index (χ0v) is 12.9. The van der Waals surface area contributed by atoms with Crippen LogP contribution < -0.4 is 0 Å². The van der Waals surface area contributed by atoms with Crippen molar-refractivity contribution >= 4 is 5.91 Å². The highest BCUT2D eigenvalue weighted by Gasteiger charge is 2.44. The molecule has 2 saturated carbocycles. The minimum Gasteiger partial charge on any atom is -0.342 e. The predicted molar refractivity (Wildman–Crippen MR) is 82.3 cm³/mol. The monoisotopic (exact) mass is 275 g/mol. The van der Waals surface area contributed by atoms with Gasteiger partial charge in [-0.25, -0.2) is 0 Å². The molecular weight excluding hydrogens is 246 g/mol. The van der Waals surface area contributed by atoms with Gasteiger partial charge in [0.1, 0.15) is 0 Å². The van der Waals surface area contributed by atoms with Gasteiger partial charge in [-0.15, -0.1) is 0 Å². The van der Waals surface area contributed by atoms with Crippen molar-refractivity contribution in [3.05, 3.63) is 12.2 Å². The van der Waals surface area contributed by atoms with E-state index in [1.54, 1.807) is 0 Å². The minimum atomic E-state index is 0.390. The maximum atomic E-state index is 12.4. The summed E-state index contributed by atoms with van der Waals surface area (Å²) < 4.78 is 0. The van der Waals surface area contributed by atoms with Crippen LogP contribution in [-0.2, 0) is 4.79 Å². The Hall–Kier alpha value is -0.790. The standard InChI is InChI=1S/C18H29NO/c1-2-3-11-19(18(20)15-9-10-15)13-16-12-17(16)14-7-5-4-6-8-14/h4-5,14-17H,2-3,6-13H2,1H3. The lowest BCUT2D eigenvalue weighted by Crippen LogP contribution is -2.35. The second-order valence-corrected chi connectivity index (χ2v) is 7.12. The van der Waals surface area contributed by atoms with Gasteiger partial charge in [0.15, 0.2) is 0 Å². The largest absolute Gasteiger partial charge is 0.342 e. The summed E-state index contributed by atoms with van der Waals surface area (Å²) >= 11 is 0. The number of allylic oxidation sites excluding steroid dienone is 2. The molecule has 3 atom stereocenters. The summed E-state index contributed by atoms with van der Waals surface area (Å²) in [5, 5.41) is 0. The van der Waals surface area contributed by atoms with Gasteiger partial charge in [-0.1, -0.05) is 25.5 Å². The molecule has 0 spiro atoms. The number of nitrogens with zero attached hydrogens (tertiary/aromatic N) is 1. The Morgan fingerprint density at radius 2 is 2.10 bits per heavy atom. The van der Waals surface area contributed by atoms with Crippen LogP contribution in [0.5, 0.6) is 0 Å². The van der Waals surface area contributed by atoms with Crippen LogP contribution in [0, 0.1) is 23.7 Å². The van der Waals surface area contributed by atoms with Crippen LogP contribution >= 0.6 is 0 Å². The van der Waals surface area contributed by atoms with Gasteiger partial charge in [0.25, 0.3) is 0 Å². The molecule has 3 aliphatic rings. The summed E-state index contributed by atoms with van der Waals surface area (Å²) in [7, 11) is 0. The summed E-state index contributed by atoms with van der Waals surface area (Å²) in [6, 6.07) is 0. The molecule has 3 aliphatic carbocycles. The molecule has 0 aromatic heterocycles. The van der Waals surface area contributed by atoms with Gasteiger partial charge in [-0.2, -0.15) is 0 Å². The molecule has 0 aliphatic heterocycles. The topological polar surface area (TPSA) is 20.3 Å². The second kappa shape index (κ2) is 6.32. The van der Waals surface area contributed by atoms with E-state index in [-0.39, 0.29) is 0 Å². The third-order valence-electron chi connectivity index (χ3n) is 5.37. The van der Waals surface area contributed by atoms with Gasteiger partial charge in [0, 0.05) is 19.0 Å². The molecular formula is C18H29NO. The Kier molecular flexibility index (Phi) is 4.48. The number of hydrogen-bond donors (Lipinski definition) is 0. The van der Waals surface area contributed by atoms with Crippen molar-refractivity contribution in [1.29, 1.82) is 0 Å². The van der Waals surface area contributed by atoms with Gasteiger partial charge in [0.05, 0.1) is 0 Å². The molecule has 0 saturated heterocycles. The van der Waals surface area contributed by atoms with E-state index >= 15 is 0 Å². The SMILES string of the molecule is CCCCN(CC1CC1C1CC=CCC1)C(=O)C1CC1. The number of rotatable bonds is 7. The van der Waals surface area contributed by atoms with E-state index in [9.17, 15) is 4.79 Å². The van der Waals surface area contributed by atoms with Crippen molar-refractivity contribution in [3.63, 3.8) is 0 Å². The number of carbonyl (C=O) groups is 1. The molecule has 0 heterocycles. The molecule has 2 nitrogen and oxygen atoms in total. The number of carbonyl (C=O) groups excluding carboxylic acids is 1. The Balaban J connectivity index is 1.49. The maximum Gasteiger partial charge on any atom is 0.225 e. The Morgan fingerprint density at radius 3 is 2.75 bits per heavy atom. The second-order valence-electron chi connectivity index (χ2n) is 7.12. The van der Waals surface area contributed by atoms with Crippen molar-refractivity contribution < 1.29 is 4.79 Å². The van der Waals surface area contributed by atoms with Crippen LogP contribution in [0.25, 0.3) is 0 Å². The van der Waals surface area contributed by atoms with Crippen molar-refractivity contribution in [2.75, 3.05) is 13.1 Å². The lowest BCUT2D eigenvalue weighted by molar-refractivity contribution is -0.133. The molecule has 1 amide bonds. The van der Waals surface area contributed by atoms with Crippen LogP contribution in [0.15, 0.2) is 12.2 Å². The Bertz CT molecular complexity index is 372. The maximum absolute atomic E-state index is 12.4. The molecule has 0 aromatic carbocycles. The predicted octanol–water partition coefficient (Wildman–Crippen LogP) is 4.02. The van der Waals surface area contributed by atoms with Gasteiger partial charge < -0.3 is 4.90 Å². The van der Waals surface area contributed by atoms with Gasteiger partial charge in [0.2, 0.25) is 5.91 Å². The Morgan fingerprint density at radius 1 is 1.25 bits per heavy atom. The summed E-state index contributed by atoms with van der Waals surface area (Å²) in [5.74, 6) is 3.49. The molecule has 0 aromatic rings. The summed E-state index contributed by atoms with van der Waals surface area (Å²) in [5.41, 5.74) is 0. The zero-order chi connectivity index (χ0) is 13.9. The van der Waals surface area contributed by atoms with Crippen LogP contribution in [-0.4, -0.2) is 23.9 Å². The van der Waals surface area contributed by atoms with E-state index < -0.39 is 0 Å². The number of unbranched alkanes of at least 4 members (excludes halogenated alkanes) is 1. The first-order valence-corrected chi connectivity index (χ1v) is 8.73. The van der Waals surface area contributed by atoms with Crippen LogP contribution in [0.2, 0.25) is 0 Å². The van der Waals surface area contributed by atoms with Crippen molar-refractivity contribution in [1.82, 2.24) is 4.90 Å². The lowest BCUT2D eigenvalue weighted by Gasteiger charge is -2.24. The number of amides is 1. The molecule has 112 valence electrons. The first-order chi connectivity index (χ1) is 9.79. The summed E-state index contributed by atoms with van der Waals surface area (Å²) in [6.45, 7) is 4.27. The van der Waals surface area contributed by atoms with E-state index in [2.05, 4.69) is 24.0 Å². The average Bonchev–Trinajstić information content (AvgIpc) is 3.38. The normalized spacial score (nSPS) is 32.1. The lowest BCUT2D eigenvalue weighted by atomic mass is 9.89. The van der Waals surface area contributed by atoms with Crippen molar-refractivity contribution in [2.45, 2.75) is 58.3 Å². The molecule has 2 fully saturated rings. The van der Waals surface area contributed by atoms with Crippen molar-refractivity contribution in [3.8, 4) is 0 Å². The third kappa shape index (κ3) is 3.45. The van der Waals surface area contributed by atoms with E-state index in [1.807, 2.05) is 0 Å². The van der Waals surface area contributed by atoms with Crippen molar-refractivity contribution in [2.24, 2.45) is 23.7 Å². The molecule has 2 heteroatoms. The fraction of sp³-hybridized carbons (Fsp3) is 0.833. The minimum absolute atomic E-state index is 0.390. The fourth-order valence-corrected chi connectivity index (χ4v) is 3.78. The van der Waals surface area contributed by atoms with Crippen LogP contribution in [0.3, 0.4) is 0 Å². The van der Waals surface area contributed by atoms with E-state index in [0.717, 1.165) is 43.7 Å². The van der Waals surface area contributed by atoms with E-state index in [1.165, 1.54) is 38.5 Å². The molecule has 20 heavy (non-hydrogen) atoms. The molecule has 0 radical (unpaired) electrons. The highest BCUT2D eigenvalue weighted by molar-refractivity contribution is 5.81. The highest BCUT2D eigenvalue weighted by atomic mass is 16.2. The molecule has 0 bridgehead atoms. The molecule has 3 rings (SSSR count). The fourth-order valence-electron chi connectivity index (χ4n) is 3.78. The first kappa shape index (κ1) is 14.2. The summed E-state index contributed by atoms with van der Waals surface area (Å²) in [4.78, 5) is 14.6. The third-order valence-corrected chi connectivity index (χ3v) is 5.37. The van der Waals surface area contributed by atoms with Gasteiger partial charge in [-0.05, 0) is 62.7 Å². The van der Waals surface area contributed by atoms with Gasteiger partial charge >= 0.3 is 0 Å². The molecule has 3 unspecified atom stereocenters. The smallest absolute Gasteiger partial charge is 0.225 e. The Labute approximate surface area is 123 Å². The average molecular weight is 275 g/mol. The van der Waals surface area contributed by atoms with Crippen LogP contribution in [0.4, 0.5) is 0 Å². The zero-order valence-electron chi connectivity index (χ0n) is 12.9. The quantitative estimate of drug-likeness (QED) is 0.643. The highest BCUT2D eigenvalue weighted by Crippen LogP contribution is 2.49. The first-order valence-electron chi connectivity index (χ1n) is 8.73. The van der Waals surface area contributed by atoms with E-state index in [0.29, 0.717) is 11.8 Å². The van der Waals surface area contributed by atoms with Crippen LogP contribution in [0.1, 0.15) is 58.3 Å².